The largest absolute Gasteiger partial charge is 0.486 e. The minimum atomic E-state index is -3.21. The molecule has 9 nitrogen and oxygen atoms in total. The zero-order valence-corrected chi connectivity index (χ0v) is 15.6. The number of ether oxygens (including phenoxy) is 1. The summed E-state index contributed by atoms with van der Waals surface area (Å²) in [5.41, 5.74) is 0.830. The second kappa shape index (κ2) is 7.78. The molecule has 2 aromatic rings. The van der Waals surface area contributed by atoms with E-state index in [1.165, 1.54) is 11.2 Å². The number of carboxylic acid groups (broad SMARTS) is 1. The van der Waals surface area contributed by atoms with Gasteiger partial charge in [-0.3, -0.25) is 0 Å². The zero-order chi connectivity index (χ0) is 19.4. The lowest BCUT2D eigenvalue weighted by atomic mass is 10.2. The van der Waals surface area contributed by atoms with Gasteiger partial charge in [0.1, 0.15) is 6.61 Å². The van der Waals surface area contributed by atoms with Gasteiger partial charge in [-0.2, -0.15) is 0 Å². The summed E-state index contributed by atoms with van der Waals surface area (Å²) in [7, 11) is -3.21. The minimum absolute atomic E-state index is 0.266. The van der Waals surface area contributed by atoms with Crippen molar-refractivity contribution >= 4 is 21.9 Å². The van der Waals surface area contributed by atoms with Gasteiger partial charge in [0, 0.05) is 32.4 Å². The fourth-order valence-electron chi connectivity index (χ4n) is 2.64. The molecule has 0 bridgehead atoms. The Labute approximate surface area is 157 Å². The molecule has 1 saturated heterocycles. The third kappa shape index (κ3) is 4.85. The monoisotopic (exact) mass is 392 g/mol. The molecule has 1 aliphatic rings. The first-order valence-electron chi connectivity index (χ1n) is 8.29. The van der Waals surface area contributed by atoms with Crippen LogP contribution in [0.5, 0.6) is 5.75 Å². The third-order valence-corrected chi connectivity index (χ3v) is 5.33. The second-order valence-corrected chi connectivity index (χ2v) is 8.20. The summed E-state index contributed by atoms with van der Waals surface area (Å²) in [6, 6.07) is 6.50. The Kier molecular flexibility index (Phi) is 5.45. The first kappa shape index (κ1) is 18.9. The molecule has 0 spiro atoms. The fourth-order valence-corrected chi connectivity index (χ4v) is 3.27. The van der Waals surface area contributed by atoms with E-state index in [1.54, 1.807) is 36.7 Å². The van der Waals surface area contributed by atoms with Gasteiger partial charge in [0.2, 0.25) is 5.95 Å². The van der Waals surface area contributed by atoms with E-state index in [2.05, 4.69) is 9.97 Å². The molecule has 0 aliphatic carbocycles. The molecule has 1 N–H and O–H groups in total. The highest BCUT2D eigenvalue weighted by atomic mass is 32.2. The molecular weight excluding hydrogens is 372 g/mol. The quantitative estimate of drug-likeness (QED) is 0.809. The van der Waals surface area contributed by atoms with Crippen LogP contribution in [-0.2, 0) is 16.4 Å². The van der Waals surface area contributed by atoms with Crippen LogP contribution in [0.4, 0.5) is 10.7 Å². The number of rotatable bonds is 5. The van der Waals surface area contributed by atoms with Gasteiger partial charge in [0.25, 0.3) is 0 Å². The number of amides is 1. The van der Waals surface area contributed by atoms with Crippen LogP contribution in [0.3, 0.4) is 0 Å². The lowest BCUT2D eigenvalue weighted by molar-refractivity contribution is 0.142. The first-order valence-corrected chi connectivity index (χ1v) is 10.2. The Morgan fingerprint density at radius 1 is 1.11 bits per heavy atom. The summed E-state index contributed by atoms with van der Waals surface area (Å²) in [6.07, 6.45) is 3.39. The van der Waals surface area contributed by atoms with Gasteiger partial charge in [-0.1, -0.05) is 12.1 Å². The molecule has 10 heteroatoms. The number of hydrogen-bond acceptors (Lipinski definition) is 7. The van der Waals surface area contributed by atoms with E-state index in [-0.39, 0.29) is 11.5 Å². The van der Waals surface area contributed by atoms with Crippen molar-refractivity contribution in [3.8, 4) is 5.75 Å². The van der Waals surface area contributed by atoms with E-state index in [4.69, 9.17) is 9.84 Å². The Hall–Kier alpha value is -2.88. The van der Waals surface area contributed by atoms with Crippen LogP contribution in [-0.4, -0.2) is 66.9 Å². The maximum atomic E-state index is 11.5. The van der Waals surface area contributed by atoms with Crippen molar-refractivity contribution in [3.63, 3.8) is 0 Å². The van der Waals surface area contributed by atoms with E-state index in [0.29, 0.717) is 37.9 Å². The van der Waals surface area contributed by atoms with E-state index in [9.17, 15) is 13.2 Å². The number of nitrogens with zero attached hydrogens (tertiary/aromatic N) is 4. The molecule has 1 aromatic carbocycles. The summed E-state index contributed by atoms with van der Waals surface area (Å²) < 4.78 is 28.5. The number of carbonyl (C=O) groups is 1. The lowest BCUT2D eigenvalue weighted by Crippen LogP contribution is -2.48. The molecular formula is C17H20N4O5S. The van der Waals surface area contributed by atoms with Gasteiger partial charge in [-0.15, -0.1) is 0 Å². The van der Waals surface area contributed by atoms with Crippen molar-refractivity contribution in [1.82, 2.24) is 14.9 Å². The SMILES string of the molecule is CS(=O)(=O)c1ccc(COc2cnc(N3CCN(C(=O)O)CC3)nc2)cc1. The first-order chi connectivity index (χ1) is 12.8. The van der Waals surface area contributed by atoms with Gasteiger partial charge in [0.15, 0.2) is 15.6 Å². The number of hydrogen-bond donors (Lipinski definition) is 1. The summed E-state index contributed by atoms with van der Waals surface area (Å²) in [4.78, 5) is 23.0. The molecule has 0 radical (unpaired) electrons. The molecule has 144 valence electrons. The van der Waals surface area contributed by atoms with Crippen LogP contribution >= 0.6 is 0 Å². The minimum Gasteiger partial charge on any atom is -0.486 e. The smallest absolute Gasteiger partial charge is 0.407 e. The molecule has 1 fully saturated rings. The number of aromatic nitrogens is 2. The van der Waals surface area contributed by atoms with Crippen molar-refractivity contribution in [1.29, 1.82) is 0 Å². The maximum absolute atomic E-state index is 11.5. The molecule has 2 heterocycles. The van der Waals surface area contributed by atoms with Crippen LogP contribution in [0.1, 0.15) is 5.56 Å². The van der Waals surface area contributed by atoms with Gasteiger partial charge in [-0.25, -0.2) is 23.2 Å². The van der Waals surface area contributed by atoms with E-state index >= 15 is 0 Å². The van der Waals surface area contributed by atoms with E-state index in [1.807, 2.05) is 4.90 Å². The number of piperazine rings is 1. The lowest BCUT2D eigenvalue weighted by Gasteiger charge is -2.32. The predicted molar refractivity (Wildman–Crippen MR) is 97.7 cm³/mol. The van der Waals surface area contributed by atoms with E-state index in [0.717, 1.165) is 5.56 Å². The van der Waals surface area contributed by atoms with Crippen LogP contribution < -0.4 is 9.64 Å². The standard InChI is InChI=1S/C17H20N4O5S/c1-27(24,25)15-4-2-13(3-5-15)12-26-14-10-18-16(19-11-14)20-6-8-21(9-7-20)17(22)23/h2-5,10-11H,6-9,12H2,1H3,(H,22,23). The molecule has 3 rings (SSSR count). The molecule has 0 saturated carbocycles. The predicted octanol–water partition coefficient (Wildman–Crippen LogP) is 1.26. The molecule has 0 unspecified atom stereocenters. The number of sulfone groups is 1. The van der Waals surface area contributed by atoms with E-state index < -0.39 is 15.9 Å². The Balaban J connectivity index is 1.54. The molecule has 1 amide bonds. The van der Waals surface area contributed by atoms with Crippen molar-refractivity contribution in [2.75, 3.05) is 37.3 Å². The maximum Gasteiger partial charge on any atom is 0.407 e. The summed E-state index contributed by atoms with van der Waals surface area (Å²) >= 11 is 0. The molecule has 27 heavy (non-hydrogen) atoms. The highest BCUT2D eigenvalue weighted by molar-refractivity contribution is 7.90. The summed E-state index contributed by atoms with van der Waals surface area (Å²) in [6.45, 7) is 2.18. The molecule has 1 aromatic heterocycles. The third-order valence-electron chi connectivity index (χ3n) is 4.20. The van der Waals surface area contributed by atoms with Crippen LogP contribution in [0.2, 0.25) is 0 Å². The van der Waals surface area contributed by atoms with Crippen molar-refractivity contribution < 1.29 is 23.1 Å². The number of anilines is 1. The van der Waals surface area contributed by atoms with Crippen molar-refractivity contribution in [2.24, 2.45) is 0 Å². The van der Waals surface area contributed by atoms with Crippen LogP contribution in [0.25, 0.3) is 0 Å². The van der Waals surface area contributed by atoms with Crippen molar-refractivity contribution in [2.45, 2.75) is 11.5 Å². The normalized spacial score (nSPS) is 14.9. The van der Waals surface area contributed by atoms with Gasteiger partial charge in [0.05, 0.1) is 17.3 Å². The highest BCUT2D eigenvalue weighted by Crippen LogP contribution is 2.16. The van der Waals surface area contributed by atoms with Crippen LogP contribution in [0.15, 0.2) is 41.6 Å². The van der Waals surface area contributed by atoms with Crippen LogP contribution in [0, 0.1) is 0 Å². The summed E-state index contributed by atoms with van der Waals surface area (Å²) in [5.74, 6) is 1.03. The Morgan fingerprint density at radius 2 is 1.70 bits per heavy atom. The van der Waals surface area contributed by atoms with Gasteiger partial charge >= 0.3 is 6.09 Å². The van der Waals surface area contributed by atoms with Gasteiger partial charge in [-0.05, 0) is 17.7 Å². The fraction of sp³-hybridized carbons (Fsp3) is 0.353. The Bertz CT molecular complexity index is 892. The average Bonchev–Trinajstić information content (AvgIpc) is 2.66. The van der Waals surface area contributed by atoms with Gasteiger partial charge < -0.3 is 19.6 Å². The topological polar surface area (TPSA) is 113 Å². The average molecular weight is 392 g/mol. The molecule has 1 aliphatic heterocycles. The zero-order valence-electron chi connectivity index (χ0n) is 14.8. The van der Waals surface area contributed by atoms with Crippen molar-refractivity contribution in [3.05, 3.63) is 42.2 Å². The molecule has 0 atom stereocenters. The Morgan fingerprint density at radius 3 is 2.22 bits per heavy atom. The summed E-state index contributed by atoms with van der Waals surface area (Å²) in [5, 5.41) is 8.97. The second-order valence-electron chi connectivity index (χ2n) is 6.18. The highest BCUT2D eigenvalue weighted by Gasteiger charge is 2.21. The number of benzene rings is 1.